The van der Waals surface area contributed by atoms with E-state index in [2.05, 4.69) is 0 Å². The molecule has 2 aromatic carbocycles. The lowest BCUT2D eigenvalue weighted by Crippen LogP contribution is -2.42. The first kappa shape index (κ1) is 15.0. The fourth-order valence-corrected chi connectivity index (χ4v) is 3.64. The van der Waals surface area contributed by atoms with Crippen LogP contribution in [0.15, 0.2) is 59.5 Å². The zero-order valence-corrected chi connectivity index (χ0v) is 13.0. The molecule has 5 heteroatoms. The fraction of sp³-hybridized carbons (Fsp3) is 0.176. The Morgan fingerprint density at radius 1 is 1.09 bits per heavy atom. The number of benzene rings is 2. The topological polar surface area (TPSA) is 69.4 Å². The molecule has 114 valence electrons. The van der Waals surface area contributed by atoms with Crippen molar-refractivity contribution in [3.05, 3.63) is 71.3 Å². The van der Waals surface area contributed by atoms with Gasteiger partial charge in [-0.1, -0.05) is 54.1 Å². The maximum absolute atomic E-state index is 12.5. The van der Waals surface area contributed by atoms with Gasteiger partial charge in [0.05, 0.1) is 4.90 Å². The highest BCUT2D eigenvalue weighted by atomic mass is 32.2. The molecule has 0 bridgehead atoms. The Morgan fingerprint density at radius 3 is 2.50 bits per heavy atom. The molecule has 22 heavy (non-hydrogen) atoms. The lowest BCUT2D eigenvalue weighted by Gasteiger charge is -2.32. The van der Waals surface area contributed by atoms with Gasteiger partial charge in [0.25, 0.3) is 10.1 Å². The Balaban J connectivity index is 1.98. The Labute approximate surface area is 130 Å². The summed E-state index contributed by atoms with van der Waals surface area (Å²) in [5, 5.41) is 0. The van der Waals surface area contributed by atoms with Crippen molar-refractivity contribution in [2.45, 2.75) is 24.0 Å². The van der Waals surface area contributed by atoms with Gasteiger partial charge in [-0.15, -0.1) is 0 Å². The summed E-state index contributed by atoms with van der Waals surface area (Å²) in [4.78, 5) is 0.106. The molecule has 0 saturated heterocycles. The zero-order chi connectivity index (χ0) is 15.8. The van der Waals surface area contributed by atoms with E-state index in [1.165, 1.54) is 12.1 Å². The summed E-state index contributed by atoms with van der Waals surface area (Å²) in [5.41, 5.74) is 7.42. The Hall–Kier alpha value is -1.95. The highest BCUT2D eigenvalue weighted by Gasteiger charge is 2.37. The Morgan fingerprint density at radius 2 is 1.77 bits per heavy atom. The molecule has 1 aliphatic carbocycles. The van der Waals surface area contributed by atoms with Gasteiger partial charge < -0.3 is 0 Å². The second kappa shape index (κ2) is 5.35. The van der Waals surface area contributed by atoms with E-state index in [1.54, 1.807) is 18.2 Å². The molecule has 0 spiro atoms. The first-order valence-electron chi connectivity index (χ1n) is 6.98. The molecule has 1 unspecified atom stereocenters. The van der Waals surface area contributed by atoms with E-state index in [1.807, 2.05) is 37.3 Å². The molecule has 0 saturated carbocycles. The molecular formula is C17H17NO3S. The molecule has 0 aromatic heterocycles. The first-order chi connectivity index (χ1) is 10.4. The molecule has 0 amide bonds. The summed E-state index contributed by atoms with van der Waals surface area (Å²) in [6.07, 6.45) is 4.05. The summed E-state index contributed by atoms with van der Waals surface area (Å²) < 4.78 is 30.4. The maximum atomic E-state index is 12.5. The molecule has 0 heterocycles. The third-order valence-electron chi connectivity index (χ3n) is 3.70. The summed E-state index contributed by atoms with van der Waals surface area (Å²) in [7, 11) is -3.94. The Bertz CT molecular complexity index is 825. The molecule has 0 radical (unpaired) electrons. The van der Waals surface area contributed by atoms with Gasteiger partial charge in [-0.25, -0.2) is 4.18 Å². The van der Waals surface area contributed by atoms with Gasteiger partial charge in [0.2, 0.25) is 0 Å². The minimum atomic E-state index is -3.94. The van der Waals surface area contributed by atoms with Crippen molar-refractivity contribution in [1.29, 1.82) is 0 Å². The van der Waals surface area contributed by atoms with Crippen molar-refractivity contribution >= 4 is 16.2 Å². The van der Waals surface area contributed by atoms with E-state index in [-0.39, 0.29) is 4.90 Å². The molecule has 1 atom stereocenters. The largest absolute Gasteiger partial charge is 0.299 e. The number of nitrogens with two attached hydrogens (primary N) is 1. The summed E-state index contributed by atoms with van der Waals surface area (Å²) >= 11 is 0. The Kier molecular flexibility index (Phi) is 3.64. The SMILES string of the molecule is Cc1ccc(S(=O)(=O)OC2(N)CC=Cc3ccccc32)cc1. The molecule has 2 N–H and O–H groups in total. The van der Waals surface area contributed by atoms with Crippen LogP contribution in [0.2, 0.25) is 0 Å². The predicted molar refractivity (Wildman–Crippen MR) is 85.4 cm³/mol. The maximum Gasteiger partial charge on any atom is 0.299 e. The fourth-order valence-electron chi connectivity index (χ4n) is 2.53. The van der Waals surface area contributed by atoms with Crippen LogP contribution in [0.25, 0.3) is 6.08 Å². The van der Waals surface area contributed by atoms with Crippen molar-refractivity contribution in [3.63, 3.8) is 0 Å². The van der Waals surface area contributed by atoms with Crippen molar-refractivity contribution < 1.29 is 12.6 Å². The number of hydrogen-bond acceptors (Lipinski definition) is 4. The third kappa shape index (κ3) is 2.70. The minimum absolute atomic E-state index is 0.106. The van der Waals surface area contributed by atoms with Crippen molar-refractivity contribution in [1.82, 2.24) is 0 Å². The van der Waals surface area contributed by atoms with E-state index in [0.717, 1.165) is 11.1 Å². The second-order valence-corrected chi connectivity index (χ2v) is 6.98. The molecule has 0 fully saturated rings. The average molecular weight is 315 g/mol. The second-order valence-electron chi connectivity index (χ2n) is 5.43. The van der Waals surface area contributed by atoms with Crippen LogP contribution in [-0.2, 0) is 20.0 Å². The summed E-state index contributed by atoms with van der Waals surface area (Å²) in [6.45, 7) is 1.89. The van der Waals surface area contributed by atoms with Crippen LogP contribution >= 0.6 is 0 Å². The van der Waals surface area contributed by atoms with E-state index < -0.39 is 15.8 Å². The van der Waals surface area contributed by atoms with Gasteiger partial charge in [-0.2, -0.15) is 8.42 Å². The number of aryl methyl sites for hydroxylation is 1. The smallest absolute Gasteiger partial charge is 0.298 e. The summed E-state index contributed by atoms with van der Waals surface area (Å²) in [5.74, 6) is 0. The van der Waals surface area contributed by atoms with Crippen LogP contribution < -0.4 is 5.73 Å². The third-order valence-corrected chi connectivity index (χ3v) is 5.07. The molecule has 0 aliphatic heterocycles. The summed E-state index contributed by atoms with van der Waals surface area (Å²) in [6, 6.07) is 13.9. The van der Waals surface area contributed by atoms with Crippen molar-refractivity contribution in [2.75, 3.05) is 0 Å². The van der Waals surface area contributed by atoms with Gasteiger partial charge in [0, 0.05) is 12.0 Å². The van der Waals surface area contributed by atoms with E-state index in [9.17, 15) is 8.42 Å². The number of hydrogen-bond donors (Lipinski definition) is 1. The number of fused-ring (bicyclic) bond motifs is 1. The van der Waals surface area contributed by atoms with Gasteiger partial charge in [-0.3, -0.25) is 5.73 Å². The van der Waals surface area contributed by atoms with Gasteiger partial charge in [-0.05, 0) is 24.6 Å². The molecule has 3 rings (SSSR count). The van der Waals surface area contributed by atoms with Crippen molar-refractivity contribution in [3.8, 4) is 0 Å². The monoisotopic (exact) mass is 315 g/mol. The van der Waals surface area contributed by atoms with Crippen LogP contribution in [0.5, 0.6) is 0 Å². The highest BCUT2D eigenvalue weighted by Crippen LogP contribution is 2.35. The molecule has 2 aromatic rings. The normalized spacial score (nSPS) is 20.6. The van der Waals surface area contributed by atoms with Crippen LogP contribution in [0, 0.1) is 6.92 Å². The van der Waals surface area contributed by atoms with Crippen LogP contribution in [0.4, 0.5) is 0 Å². The van der Waals surface area contributed by atoms with Crippen molar-refractivity contribution in [2.24, 2.45) is 5.73 Å². The van der Waals surface area contributed by atoms with Gasteiger partial charge >= 0.3 is 0 Å². The van der Waals surface area contributed by atoms with Gasteiger partial charge in [0.15, 0.2) is 5.72 Å². The molecule has 1 aliphatic rings. The molecule has 4 nitrogen and oxygen atoms in total. The molecular weight excluding hydrogens is 298 g/mol. The van der Waals surface area contributed by atoms with E-state index in [4.69, 9.17) is 9.92 Å². The van der Waals surface area contributed by atoms with Crippen LogP contribution in [-0.4, -0.2) is 8.42 Å². The van der Waals surface area contributed by atoms with Crippen LogP contribution in [0.1, 0.15) is 23.1 Å². The van der Waals surface area contributed by atoms with Crippen LogP contribution in [0.3, 0.4) is 0 Å². The lowest BCUT2D eigenvalue weighted by atomic mass is 9.90. The average Bonchev–Trinajstić information content (AvgIpc) is 2.47. The number of rotatable bonds is 3. The quantitative estimate of drug-likeness (QED) is 0.698. The van der Waals surface area contributed by atoms with E-state index in [0.29, 0.717) is 12.0 Å². The van der Waals surface area contributed by atoms with E-state index >= 15 is 0 Å². The highest BCUT2D eigenvalue weighted by molar-refractivity contribution is 7.86. The predicted octanol–water partition coefficient (Wildman–Crippen LogP) is 2.93. The first-order valence-corrected chi connectivity index (χ1v) is 8.39. The minimum Gasteiger partial charge on any atom is -0.298 e. The standard InChI is InChI=1S/C17H17NO3S/c1-13-8-10-15(11-9-13)22(19,20)21-17(18)12-4-6-14-5-2-3-7-16(14)17/h2-11H,12,18H2,1H3. The zero-order valence-electron chi connectivity index (χ0n) is 12.2. The lowest BCUT2D eigenvalue weighted by molar-refractivity contribution is 0.0835. The van der Waals surface area contributed by atoms with Gasteiger partial charge in [0.1, 0.15) is 0 Å².